The van der Waals surface area contributed by atoms with E-state index in [1.54, 1.807) is 0 Å². The van der Waals surface area contributed by atoms with E-state index in [1.165, 1.54) is 0 Å². The average molecular weight is 332 g/mol. The zero-order valence-corrected chi connectivity index (χ0v) is 10.5. The minimum absolute atomic E-state index is 0. The van der Waals surface area contributed by atoms with Gasteiger partial charge in [0.1, 0.15) is 0 Å². The van der Waals surface area contributed by atoms with E-state index >= 15 is 0 Å². The van der Waals surface area contributed by atoms with Crippen molar-refractivity contribution in [1.82, 2.24) is 0 Å². The molecule has 0 aromatic heterocycles. The van der Waals surface area contributed by atoms with Gasteiger partial charge in [-0.25, -0.2) is 0 Å². The summed E-state index contributed by atoms with van der Waals surface area (Å²) in [5, 5.41) is 0. The van der Waals surface area contributed by atoms with Crippen molar-refractivity contribution in [2.45, 2.75) is 0 Å². The molecule has 6 heteroatoms. The second-order valence-corrected chi connectivity index (χ2v) is 29.9. The Morgan fingerprint density at radius 1 is 1.12 bits per heavy atom. The molecule has 0 saturated heterocycles. The summed E-state index contributed by atoms with van der Waals surface area (Å²) < 4.78 is 0. The fourth-order valence-electron chi connectivity index (χ4n) is 0. The second kappa shape index (κ2) is 5.02. The predicted molar refractivity (Wildman–Crippen MR) is 42.5 cm³/mol. The molecule has 0 radical (unpaired) electrons. The van der Waals surface area contributed by atoms with Crippen molar-refractivity contribution in [2.75, 3.05) is 12.5 Å². The van der Waals surface area contributed by atoms with Gasteiger partial charge in [-0.05, 0) is 0 Å². The third-order valence-electron chi connectivity index (χ3n) is 0.378. The fraction of sp³-hybridized carbons (Fsp3) is 1.00. The Kier molecular flexibility index (Phi) is 8.11. The van der Waals surface area contributed by atoms with Gasteiger partial charge < -0.3 is 12.4 Å². The maximum Gasteiger partial charge on any atom is -1.00 e. The molecule has 0 spiro atoms. The van der Waals surface area contributed by atoms with Crippen LogP contribution in [0.1, 0.15) is 0 Å². The van der Waals surface area contributed by atoms with E-state index in [1.807, 2.05) is 12.5 Å². The van der Waals surface area contributed by atoms with Gasteiger partial charge in [0.25, 0.3) is 0 Å². The molecule has 0 bridgehead atoms. The minimum Gasteiger partial charge on any atom is -1.00 e. The summed E-state index contributed by atoms with van der Waals surface area (Å²) in [6, 6.07) is 0. The number of halogens is 4. The van der Waals surface area contributed by atoms with Crippen LogP contribution in [0, 0.1) is 0 Å². The van der Waals surface area contributed by atoms with E-state index in [0.29, 0.717) is 0 Å². The molecule has 0 aliphatic rings. The molecule has 0 amide bonds. The normalized spacial score (nSPS) is 13.2. The number of rotatable bonds is 1. The topological polar surface area (TPSA) is 0 Å². The molecule has 0 aliphatic heterocycles. The Morgan fingerprint density at radius 3 is 1.25 bits per heavy atom. The van der Waals surface area contributed by atoms with Crippen LogP contribution < -0.4 is 12.4 Å². The molecule has 0 saturated carbocycles. The molecule has 0 aliphatic carbocycles. The molecule has 0 unspecified atom stereocenters. The average Bonchev–Trinajstić information content (AvgIpc) is 1.31. The molecule has 8 heavy (non-hydrogen) atoms. The third kappa shape index (κ3) is 6.42. The second-order valence-electron chi connectivity index (χ2n) is 1.11. The van der Waals surface area contributed by atoms with Crippen molar-refractivity contribution in [2.24, 2.45) is 0 Å². The molecular weight excluding hydrogens is 326 g/mol. The summed E-state index contributed by atoms with van der Waals surface area (Å²) in [5.41, 5.74) is 0. The van der Waals surface area contributed by atoms with E-state index in [0.717, 1.165) is 0 Å². The first-order chi connectivity index (χ1) is 2.94. The summed E-state index contributed by atoms with van der Waals surface area (Å²) >= 11 is -2.74. The largest absolute Gasteiger partial charge is 1.00 e. The maximum atomic E-state index is 5.60. The van der Waals surface area contributed by atoms with Crippen LogP contribution in [-0.4, -0.2) is 26.0 Å². The molecule has 0 rings (SSSR count). The fourth-order valence-corrected chi connectivity index (χ4v) is 0. The van der Waals surface area contributed by atoms with Crippen LogP contribution in [0.25, 0.3) is 0 Å². The van der Waals surface area contributed by atoms with Gasteiger partial charge in [0.2, 0.25) is 0 Å². The SMILES string of the molecule is C[S+](C)[Te](Cl)(Cl)Cl.[Cl-]. The van der Waals surface area contributed by atoms with E-state index in [9.17, 15) is 0 Å². The van der Waals surface area contributed by atoms with Crippen LogP contribution in [0.15, 0.2) is 0 Å². The Balaban J connectivity index is 0. The number of hydrogen-bond donors (Lipinski definition) is 0. The molecule has 54 valence electrons. The Morgan fingerprint density at radius 2 is 1.25 bits per heavy atom. The van der Waals surface area contributed by atoms with Crippen molar-refractivity contribution in [3.05, 3.63) is 0 Å². The molecule has 0 N–H and O–H groups in total. The van der Waals surface area contributed by atoms with Crippen LogP contribution in [0.4, 0.5) is 0 Å². The first kappa shape index (κ1) is 12.9. The molecule has 0 nitrogen and oxygen atoms in total. The molecule has 0 aromatic rings. The van der Waals surface area contributed by atoms with Crippen molar-refractivity contribution in [3.63, 3.8) is 0 Å². The molecule has 0 fully saturated rings. The first-order valence-corrected chi connectivity index (χ1v) is 15.1. The zero-order chi connectivity index (χ0) is 6.08. The van der Waals surface area contributed by atoms with E-state index in [-0.39, 0.29) is 20.5 Å². The summed E-state index contributed by atoms with van der Waals surface area (Å²) in [5.74, 6) is 0. The minimum atomic E-state index is -2.74. The van der Waals surface area contributed by atoms with Gasteiger partial charge >= 0.3 is 61.0 Å². The summed E-state index contributed by atoms with van der Waals surface area (Å²) in [6.07, 6.45) is 3.93. The van der Waals surface area contributed by atoms with Crippen molar-refractivity contribution in [3.8, 4) is 0 Å². The molecular formula is C2H6Cl4STe. The van der Waals surface area contributed by atoms with E-state index in [2.05, 4.69) is 0 Å². The monoisotopic (exact) mass is 332 g/mol. The van der Waals surface area contributed by atoms with Crippen molar-refractivity contribution >= 4 is 48.5 Å². The zero-order valence-electron chi connectivity index (χ0n) is 4.33. The van der Waals surface area contributed by atoms with Crippen LogP contribution in [-0.2, 0) is 8.12 Å². The smallest absolute Gasteiger partial charge is 1.00 e. The number of hydrogen-bond acceptors (Lipinski definition) is 0. The Hall–Kier alpha value is 2.30. The molecule has 0 atom stereocenters. The summed E-state index contributed by atoms with van der Waals surface area (Å²) in [4.78, 5) is 0. The van der Waals surface area contributed by atoms with Gasteiger partial charge in [0, 0.05) is 0 Å². The van der Waals surface area contributed by atoms with Crippen molar-refractivity contribution < 1.29 is 12.4 Å². The Bertz CT molecular complexity index is 59.5. The van der Waals surface area contributed by atoms with Gasteiger partial charge in [-0.2, -0.15) is 0 Å². The quantitative estimate of drug-likeness (QED) is 0.428. The summed E-state index contributed by atoms with van der Waals surface area (Å²) in [7, 11) is 16.9. The van der Waals surface area contributed by atoms with Gasteiger partial charge in [0.05, 0.1) is 0 Å². The Labute approximate surface area is 72.5 Å². The first-order valence-electron chi connectivity index (χ1n) is 1.45. The van der Waals surface area contributed by atoms with Gasteiger partial charge in [-0.3, -0.25) is 0 Å². The maximum absolute atomic E-state index is 5.60. The molecule has 0 aromatic carbocycles. The van der Waals surface area contributed by atoms with Gasteiger partial charge in [0.15, 0.2) is 0 Å². The van der Waals surface area contributed by atoms with E-state index < -0.39 is 13.4 Å². The van der Waals surface area contributed by atoms with Gasteiger partial charge in [-0.1, -0.05) is 0 Å². The van der Waals surface area contributed by atoms with Crippen LogP contribution in [0.3, 0.4) is 0 Å². The van der Waals surface area contributed by atoms with Crippen LogP contribution >= 0.6 is 26.9 Å². The van der Waals surface area contributed by atoms with Crippen molar-refractivity contribution in [1.29, 1.82) is 0 Å². The van der Waals surface area contributed by atoms with Crippen LogP contribution in [0.5, 0.6) is 0 Å². The third-order valence-corrected chi connectivity index (χ3v) is 22.8. The predicted octanol–water partition coefficient (Wildman–Crippen LogP) is -0.980. The van der Waals surface area contributed by atoms with E-state index in [4.69, 9.17) is 26.9 Å². The van der Waals surface area contributed by atoms with Gasteiger partial charge in [-0.15, -0.1) is 0 Å². The summed E-state index contributed by atoms with van der Waals surface area (Å²) in [6.45, 7) is 0. The molecule has 0 heterocycles. The van der Waals surface area contributed by atoms with Crippen LogP contribution in [0.2, 0.25) is 0 Å². The standard InChI is InChI=1S/C2H6Cl3STe.ClH/c1-6(2)7(3,4)5;/h1-2H3;1H/q+1;/p-1.